The van der Waals surface area contributed by atoms with E-state index in [4.69, 9.17) is 10.5 Å². The summed E-state index contributed by atoms with van der Waals surface area (Å²) in [5.74, 6) is -2.83. The first-order valence-corrected chi connectivity index (χ1v) is 13.1. The van der Waals surface area contributed by atoms with Crippen LogP contribution < -0.4 is 15.8 Å². The Morgan fingerprint density at radius 1 is 1.07 bits per heavy atom. The number of nitrogens with zero attached hydrogens (tertiary/aromatic N) is 2. The normalized spacial score (nSPS) is 18.2. The van der Waals surface area contributed by atoms with Crippen LogP contribution in [-0.2, 0) is 22.0 Å². The zero-order valence-corrected chi connectivity index (χ0v) is 22.5. The van der Waals surface area contributed by atoms with E-state index in [1.807, 2.05) is 5.32 Å². The molecule has 0 bridgehead atoms. The molecule has 2 aromatic carbocycles. The standard InChI is InChI=1S/C27H19F7N4O4S/c1-24(22(35)40)11-42-20-15(24)9-18(38-19(20)12-2-5-14(28)6-3-12)25(41,27(32,33)34)10-36-21(39)13-4-7-16-17(8-13)43-23(37-16)26(29,30)31/h2-9,41H,10-11H2,1H3,(H2,35,40)(H,36,39)/t24-,25-/m0/s1. The summed E-state index contributed by atoms with van der Waals surface area (Å²) in [5.41, 5.74) is -1.60. The third-order valence-electron chi connectivity index (χ3n) is 7.02. The summed E-state index contributed by atoms with van der Waals surface area (Å²) >= 11 is 0.246. The molecule has 4 aromatic rings. The Balaban J connectivity index is 1.55. The molecule has 0 saturated carbocycles. The summed E-state index contributed by atoms with van der Waals surface area (Å²) in [6.45, 7) is -0.505. The van der Waals surface area contributed by atoms with E-state index in [1.165, 1.54) is 19.1 Å². The molecule has 0 saturated heterocycles. The quantitative estimate of drug-likeness (QED) is 0.263. The summed E-state index contributed by atoms with van der Waals surface area (Å²) in [7, 11) is 0. The van der Waals surface area contributed by atoms with Crippen molar-refractivity contribution in [1.82, 2.24) is 15.3 Å². The maximum Gasteiger partial charge on any atom is 0.443 e. The number of nitrogens with two attached hydrogens (primary N) is 1. The fraction of sp³-hybridized carbons (Fsp3) is 0.259. The number of hydrogen-bond acceptors (Lipinski definition) is 7. The van der Waals surface area contributed by atoms with Crippen molar-refractivity contribution in [2.45, 2.75) is 30.3 Å². The Bertz CT molecular complexity index is 1760. The van der Waals surface area contributed by atoms with Gasteiger partial charge in [-0.2, -0.15) is 26.3 Å². The number of carbonyl (C=O) groups excluding carboxylic acids is 2. The van der Waals surface area contributed by atoms with Crippen molar-refractivity contribution in [3.63, 3.8) is 0 Å². The smallest absolute Gasteiger partial charge is 0.443 e. The van der Waals surface area contributed by atoms with Crippen LogP contribution in [0.5, 0.6) is 5.75 Å². The van der Waals surface area contributed by atoms with Gasteiger partial charge >= 0.3 is 12.4 Å². The summed E-state index contributed by atoms with van der Waals surface area (Å²) in [6.07, 6.45) is -10.2. The molecule has 1 aliphatic rings. The highest BCUT2D eigenvalue weighted by Crippen LogP contribution is 2.47. The van der Waals surface area contributed by atoms with Gasteiger partial charge in [0.25, 0.3) is 5.91 Å². The van der Waals surface area contributed by atoms with E-state index < -0.39 is 58.2 Å². The topological polar surface area (TPSA) is 127 Å². The van der Waals surface area contributed by atoms with Crippen LogP contribution >= 0.6 is 11.3 Å². The molecule has 2 aromatic heterocycles. The van der Waals surface area contributed by atoms with Crippen molar-refractivity contribution in [2.75, 3.05) is 13.2 Å². The first-order chi connectivity index (χ1) is 19.9. The Morgan fingerprint density at radius 2 is 1.74 bits per heavy atom. The van der Waals surface area contributed by atoms with Crippen LogP contribution in [0, 0.1) is 5.82 Å². The van der Waals surface area contributed by atoms with Gasteiger partial charge in [0, 0.05) is 16.7 Å². The molecule has 8 nitrogen and oxygen atoms in total. The predicted octanol–water partition coefficient (Wildman–Crippen LogP) is 4.83. The van der Waals surface area contributed by atoms with Crippen LogP contribution in [0.25, 0.3) is 21.5 Å². The molecule has 16 heteroatoms. The van der Waals surface area contributed by atoms with Gasteiger partial charge in [-0.25, -0.2) is 14.4 Å². The number of carbonyl (C=O) groups is 2. The van der Waals surface area contributed by atoms with Crippen LogP contribution in [0.15, 0.2) is 48.5 Å². The highest BCUT2D eigenvalue weighted by Gasteiger charge is 2.57. The van der Waals surface area contributed by atoms with E-state index in [-0.39, 0.29) is 56.3 Å². The minimum Gasteiger partial charge on any atom is -0.489 e. The van der Waals surface area contributed by atoms with Crippen LogP contribution in [-0.4, -0.2) is 46.2 Å². The minimum absolute atomic E-state index is 0.0407. The molecule has 2 amide bonds. The van der Waals surface area contributed by atoms with Crippen LogP contribution in [0.3, 0.4) is 0 Å². The first-order valence-electron chi connectivity index (χ1n) is 12.2. The molecule has 3 heterocycles. The Labute approximate surface area is 241 Å². The lowest BCUT2D eigenvalue weighted by Gasteiger charge is -2.31. The van der Waals surface area contributed by atoms with Crippen LogP contribution in [0.2, 0.25) is 0 Å². The number of pyridine rings is 1. The van der Waals surface area contributed by atoms with Gasteiger partial charge in [0.1, 0.15) is 29.3 Å². The minimum atomic E-state index is -5.45. The van der Waals surface area contributed by atoms with E-state index >= 15 is 0 Å². The van der Waals surface area contributed by atoms with E-state index in [0.29, 0.717) is 0 Å². The zero-order chi connectivity index (χ0) is 31.5. The SMILES string of the molecule is C[C@]1(C(N)=O)COc2c1cc([C@@](O)(CNC(=O)c1ccc3nc(C(F)(F)F)sc3c1)C(F)(F)F)nc2-c1ccc(F)cc1. The molecule has 0 radical (unpaired) electrons. The number of thiazole rings is 1. The molecule has 5 rings (SSSR count). The molecule has 226 valence electrons. The van der Waals surface area contributed by atoms with Gasteiger partial charge in [-0.3, -0.25) is 9.59 Å². The highest BCUT2D eigenvalue weighted by atomic mass is 32.1. The van der Waals surface area contributed by atoms with Crippen molar-refractivity contribution < 1.29 is 50.2 Å². The zero-order valence-electron chi connectivity index (χ0n) is 21.7. The first kappa shape index (κ1) is 30.2. The second-order valence-electron chi connectivity index (χ2n) is 9.96. The van der Waals surface area contributed by atoms with Crippen LogP contribution in [0.4, 0.5) is 30.7 Å². The van der Waals surface area contributed by atoms with Gasteiger partial charge in [0.2, 0.25) is 11.5 Å². The van der Waals surface area contributed by atoms with E-state index in [9.17, 15) is 45.4 Å². The average Bonchev–Trinajstić information content (AvgIpc) is 3.53. The number of rotatable bonds is 6. The Morgan fingerprint density at radius 3 is 2.35 bits per heavy atom. The predicted molar refractivity (Wildman–Crippen MR) is 139 cm³/mol. The van der Waals surface area contributed by atoms with Crippen molar-refractivity contribution in [1.29, 1.82) is 0 Å². The molecule has 1 aliphatic heterocycles. The van der Waals surface area contributed by atoms with Gasteiger partial charge in [0.05, 0.1) is 22.5 Å². The second kappa shape index (κ2) is 10.2. The Hall–Kier alpha value is -4.31. The number of aromatic nitrogens is 2. The lowest BCUT2D eigenvalue weighted by Crippen LogP contribution is -2.51. The molecule has 0 aliphatic carbocycles. The number of alkyl halides is 6. The maximum atomic E-state index is 14.5. The van der Waals surface area contributed by atoms with Gasteiger partial charge in [0.15, 0.2) is 5.01 Å². The lowest BCUT2D eigenvalue weighted by molar-refractivity contribution is -0.265. The van der Waals surface area contributed by atoms with E-state index in [0.717, 1.165) is 36.4 Å². The van der Waals surface area contributed by atoms with Gasteiger partial charge in [-0.1, -0.05) is 0 Å². The van der Waals surface area contributed by atoms with Gasteiger partial charge in [-0.05, 0) is 55.5 Å². The molecule has 4 N–H and O–H groups in total. The molecule has 2 atom stereocenters. The number of primary amides is 1. The summed E-state index contributed by atoms with van der Waals surface area (Å²) < 4.78 is 102. The molecule has 0 spiro atoms. The fourth-order valence-corrected chi connectivity index (χ4v) is 5.31. The summed E-state index contributed by atoms with van der Waals surface area (Å²) in [6, 6.07) is 8.46. The number of amides is 2. The lowest BCUT2D eigenvalue weighted by atomic mass is 9.81. The van der Waals surface area contributed by atoms with E-state index in [1.54, 1.807) is 0 Å². The fourth-order valence-electron chi connectivity index (χ4n) is 4.44. The molecule has 43 heavy (non-hydrogen) atoms. The number of hydrogen-bond donors (Lipinski definition) is 3. The number of nitrogens with one attached hydrogen (secondary N) is 1. The number of fused-ring (bicyclic) bond motifs is 2. The number of aliphatic hydroxyl groups is 1. The molecular weight excluding hydrogens is 609 g/mol. The van der Waals surface area contributed by atoms with Crippen molar-refractivity contribution in [2.24, 2.45) is 5.73 Å². The van der Waals surface area contributed by atoms with Gasteiger partial charge < -0.3 is 20.9 Å². The number of ether oxygens (including phenoxy) is 1. The maximum absolute atomic E-state index is 14.5. The van der Waals surface area contributed by atoms with Crippen molar-refractivity contribution >= 4 is 33.4 Å². The summed E-state index contributed by atoms with van der Waals surface area (Å²) in [4.78, 5) is 32.6. The number of benzene rings is 2. The number of halogens is 7. The third kappa shape index (κ3) is 5.24. The summed E-state index contributed by atoms with van der Waals surface area (Å²) in [5, 5.41) is 11.9. The average molecular weight is 629 g/mol. The van der Waals surface area contributed by atoms with Gasteiger partial charge in [-0.15, -0.1) is 11.3 Å². The molecule has 0 fully saturated rings. The van der Waals surface area contributed by atoms with Crippen LogP contribution in [0.1, 0.15) is 33.5 Å². The third-order valence-corrected chi connectivity index (χ3v) is 8.09. The largest absolute Gasteiger partial charge is 0.489 e. The van der Waals surface area contributed by atoms with Crippen molar-refractivity contribution in [3.05, 3.63) is 76.2 Å². The molecule has 0 unspecified atom stereocenters. The molecular formula is C27H19F7N4O4S. The second-order valence-corrected chi connectivity index (χ2v) is 11.0. The Kier molecular flexibility index (Phi) is 7.12. The van der Waals surface area contributed by atoms with E-state index in [2.05, 4.69) is 9.97 Å². The highest BCUT2D eigenvalue weighted by molar-refractivity contribution is 7.18. The monoisotopic (exact) mass is 628 g/mol. The van der Waals surface area contributed by atoms with Crippen molar-refractivity contribution in [3.8, 4) is 17.0 Å².